The predicted octanol–water partition coefficient (Wildman–Crippen LogP) is 2.87. The molecule has 0 radical (unpaired) electrons. The summed E-state index contributed by atoms with van der Waals surface area (Å²) in [5.41, 5.74) is 0.308. The summed E-state index contributed by atoms with van der Waals surface area (Å²) in [5, 5.41) is 0. The highest BCUT2D eigenvalue weighted by Gasteiger charge is 2.24. The van der Waals surface area contributed by atoms with Crippen LogP contribution in [0.15, 0.2) is 11.9 Å². The number of piperidine rings is 1. The van der Waals surface area contributed by atoms with Gasteiger partial charge in [-0.3, -0.25) is 0 Å². The summed E-state index contributed by atoms with van der Waals surface area (Å²) in [4.78, 5) is 13.2. The van der Waals surface area contributed by atoms with Gasteiger partial charge in [0.15, 0.2) is 0 Å². The van der Waals surface area contributed by atoms with Crippen molar-refractivity contribution in [1.29, 1.82) is 0 Å². The van der Waals surface area contributed by atoms with Crippen molar-refractivity contribution in [2.45, 2.75) is 39.2 Å². The Morgan fingerprint density at radius 3 is 2.33 bits per heavy atom. The minimum atomic E-state index is -0.465. The lowest BCUT2D eigenvalue weighted by atomic mass is 10.1. The van der Waals surface area contributed by atoms with Crippen molar-refractivity contribution in [1.82, 2.24) is 4.90 Å². The molecule has 0 aromatic carbocycles. The minimum Gasteiger partial charge on any atom is -0.444 e. The van der Waals surface area contributed by atoms with Gasteiger partial charge in [-0.05, 0) is 39.2 Å². The van der Waals surface area contributed by atoms with E-state index in [4.69, 9.17) is 4.74 Å². The molecular weight excluding hydrogens is 197 g/mol. The number of rotatable bonds is 0. The number of likely N-dealkylation sites (tertiary alicyclic amines) is 1. The number of amides is 1. The van der Waals surface area contributed by atoms with Gasteiger partial charge in [0.05, 0.1) is 6.33 Å². The zero-order chi connectivity index (χ0) is 11.5. The van der Waals surface area contributed by atoms with Gasteiger partial charge in [-0.25, -0.2) is 9.18 Å². The zero-order valence-corrected chi connectivity index (χ0v) is 9.55. The smallest absolute Gasteiger partial charge is 0.410 e. The maximum Gasteiger partial charge on any atom is 0.410 e. The molecule has 4 heteroatoms. The summed E-state index contributed by atoms with van der Waals surface area (Å²) in [7, 11) is 0. The van der Waals surface area contributed by atoms with Crippen LogP contribution < -0.4 is 0 Å². The van der Waals surface area contributed by atoms with Crippen LogP contribution in [0.5, 0.6) is 0 Å². The molecule has 3 nitrogen and oxygen atoms in total. The van der Waals surface area contributed by atoms with E-state index in [9.17, 15) is 9.18 Å². The Kier molecular flexibility index (Phi) is 3.72. The molecule has 1 amide bonds. The number of hydrogen-bond donors (Lipinski definition) is 0. The van der Waals surface area contributed by atoms with Crippen LogP contribution in [0.3, 0.4) is 0 Å². The number of halogens is 1. The Hall–Kier alpha value is -1.06. The van der Waals surface area contributed by atoms with Crippen molar-refractivity contribution < 1.29 is 13.9 Å². The van der Waals surface area contributed by atoms with Gasteiger partial charge in [0, 0.05) is 13.1 Å². The van der Waals surface area contributed by atoms with Crippen molar-refractivity contribution in [3.63, 3.8) is 0 Å². The quantitative estimate of drug-likeness (QED) is 0.621. The minimum absolute atomic E-state index is 0.305. The van der Waals surface area contributed by atoms with Crippen LogP contribution in [0.25, 0.3) is 0 Å². The van der Waals surface area contributed by atoms with Gasteiger partial charge >= 0.3 is 6.09 Å². The van der Waals surface area contributed by atoms with E-state index in [1.54, 1.807) is 4.90 Å². The second-order valence-corrected chi connectivity index (χ2v) is 4.73. The summed E-state index contributed by atoms with van der Waals surface area (Å²) in [6.07, 6.45) is 1.55. The largest absolute Gasteiger partial charge is 0.444 e. The van der Waals surface area contributed by atoms with Crippen LogP contribution in [0.4, 0.5) is 9.18 Å². The lowest BCUT2D eigenvalue weighted by molar-refractivity contribution is 0.0236. The van der Waals surface area contributed by atoms with Gasteiger partial charge < -0.3 is 9.64 Å². The van der Waals surface area contributed by atoms with E-state index >= 15 is 0 Å². The Balaban J connectivity index is 2.43. The molecule has 0 unspecified atom stereocenters. The van der Waals surface area contributed by atoms with Crippen molar-refractivity contribution in [2.75, 3.05) is 13.1 Å². The lowest BCUT2D eigenvalue weighted by Crippen LogP contribution is -2.40. The first-order valence-electron chi connectivity index (χ1n) is 5.18. The van der Waals surface area contributed by atoms with Crippen LogP contribution in [0.1, 0.15) is 33.6 Å². The fourth-order valence-electron chi connectivity index (χ4n) is 1.41. The molecule has 1 rings (SSSR count). The zero-order valence-electron chi connectivity index (χ0n) is 9.55. The van der Waals surface area contributed by atoms with Crippen LogP contribution >= 0.6 is 0 Å². The average molecular weight is 215 g/mol. The molecule has 0 spiro atoms. The lowest BCUT2D eigenvalue weighted by Gasteiger charge is -2.30. The Labute approximate surface area is 89.9 Å². The van der Waals surface area contributed by atoms with E-state index < -0.39 is 5.60 Å². The van der Waals surface area contributed by atoms with Gasteiger partial charge in [0.1, 0.15) is 5.60 Å². The Bertz CT molecular complexity index is 258. The van der Waals surface area contributed by atoms with E-state index in [2.05, 4.69) is 0 Å². The molecule has 0 aromatic heterocycles. The SMILES string of the molecule is CC(C)(C)OC(=O)N1CCC(=CF)CC1. The first-order chi connectivity index (χ1) is 6.92. The molecular formula is C11H18FNO2. The fraction of sp³-hybridized carbons (Fsp3) is 0.727. The third-order valence-electron chi connectivity index (χ3n) is 2.21. The van der Waals surface area contributed by atoms with Gasteiger partial charge in [-0.2, -0.15) is 0 Å². The first-order valence-corrected chi connectivity index (χ1v) is 5.18. The van der Waals surface area contributed by atoms with E-state index in [0.717, 1.165) is 5.57 Å². The molecule has 0 atom stereocenters. The highest BCUT2D eigenvalue weighted by molar-refractivity contribution is 5.68. The van der Waals surface area contributed by atoms with Crippen LogP contribution in [-0.2, 0) is 4.74 Å². The highest BCUT2D eigenvalue weighted by Crippen LogP contribution is 2.18. The van der Waals surface area contributed by atoms with Gasteiger partial charge in [-0.1, -0.05) is 0 Å². The second kappa shape index (κ2) is 4.64. The summed E-state index contributed by atoms with van der Waals surface area (Å²) >= 11 is 0. The van der Waals surface area contributed by atoms with E-state index in [1.165, 1.54) is 0 Å². The third kappa shape index (κ3) is 3.90. The number of carbonyl (C=O) groups is 1. The number of ether oxygens (including phenoxy) is 1. The van der Waals surface area contributed by atoms with Gasteiger partial charge in [-0.15, -0.1) is 0 Å². The Morgan fingerprint density at radius 1 is 1.40 bits per heavy atom. The van der Waals surface area contributed by atoms with Crippen LogP contribution in [-0.4, -0.2) is 29.7 Å². The molecule has 0 saturated carbocycles. The molecule has 1 aliphatic rings. The second-order valence-electron chi connectivity index (χ2n) is 4.73. The topological polar surface area (TPSA) is 29.5 Å². The highest BCUT2D eigenvalue weighted by atomic mass is 19.1. The molecule has 1 heterocycles. The van der Waals surface area contributed by atoms with E-state index in [0.29, 0.717) is 32.3 Å². The van der Waals surface area contributed by atoms with Crippen LogP contribution in [0, 0.1) is 0 Å². The summed E-state index contributed by atoms with van der Waals surface area (Å²) < 4.78 is 17.4. The van der Waals surface area contributed by atoms with Gasteiger partial charge in [0.25, 0.3) is 0 Å². The first kappa shape index (κ1) is 12.0. The molecule has 0 N–H and O–H groups in total. The van der Waals surface area contributed by atoms with E-state index in [1.807, 2.05) is 20.8 Å². The van der Waals surface area contributed by atoms with Crippen molar-refractivity contribution in [2.24, 2.45) is 0 Å². The third-order valence-corrected chi connectivity index (χ3v) is 2.21. The number of carbonyl (C=O) groups excluding carboxylic acids is 1. The predicted molar refractivity (Wildman–Crippen MR) is 56.2 cm³/mol. The molecule has 15 heavy (non-hydrogen) atoms. The summed E-state index contributed by atoms with van der Waals surface area (Å²) in [6, 6.07) is 0. The number of nitrogens with zero attached hydrogens (tertiary/aromatic N) is 1. The fourth-order valence-corrected chi connectivity index (χ4v) is 1.41. The maximum atomic E-state index is 12.2. The van der Waals surface area contributed by atoms with Crippen LogP contribution in [0.2, 0.25) is 0 Å². The average Bonchev–Trinajstić information content (AvgIpc) is 2.15. The monoisotopic (exact) mass is 215 g/mol. The Morgan fingerprint density at radius 2 is 1.93 bits per heavy atom. The molecule has 1 aliphatic heterocycles. The normalized spacial score (nSPS) is 17.6. The standard InChI is InChI=1S/C11H18FNO2/c1-11(2,3)15-10(14)13-6-4-9(8-12)5-7-13/h8H,4-7H2,1-3H3. The number of hydrogen-bond acceptors (Lipinski definition) is 2. The van der Waals surface area contributed by atoms with E-state index in [-0.39, 0.29) is 6.09 Å². The van der Waals surface area contributed by atoms with Crippen molar-refractivity contribution >= 4 is 6.09 Å². The maximum absolute atomic E-state index is 12.2. The molecule has 86 valence electrons. The van der Waals surface area contributed by atoms with Crippen molar-refractivity contribution in [3.8, 4) is 0 Å². The molecule has 1 fully saturated rings. The summed E-state index contributed by atoms with van der Waals surface area (Å²) in [5.74, 6) is 0. The van der Waals surface area contributed by atoms with Gasteiger partial charge in [0.2, 0.25) is 0 Å². The molecule has 1 saturated heterocycles. The summed E-state index contributed by atoms with van der Waals surface area (Å²) in [6.45, 7) is 6.60. The molecule has 0 bridgehead atoms. The van der Waals surface area contributed by atoms with Crippen molar-refractivity contribution in [3.05, 3.63) is 11.9 Å². The molecule has 0 aromatic rings. The molecule has 0 aliphatic carbocycles.